The summed E-state index contributed by atoms with van der Waals surface area (Å²) in [4.78, 5) is 19.7. The first-order valence-corrected chi connectivity index (χ1v) is 7.47. The highest BCUT2D eigenvalue weighted by Gasteiger charge is 2.16. The van der Waals surface area contributed by atoms with Crippen LogP contribution in [0.4, 0.5) is 0 Å². The molecule has 3 rings (SSSR count). The minimum Gasteiger partial charge on any atom is -0.496 e. The van der Waals surface area contributed by atoms with E-state index in [4.69, 9.17) is 4.74 Å². The third-order valence-corrected chi connectivity index (χ3v) is 3.88. The van der Waals surface area contributed by atoms with E-state index in [1.54, 1.807) is 25.6 Å². The molecule has 23 heavy (non-hydrogen) atoms. The van der Waals surface area contributed by atoms with E-state index in [0.29, 0.717) is 5.56 Å². The van der Waals surface area contributed by atoms with Gasteiger partial charge in [0.15, 0.2) is 0 Å². The van der Waals surface area contributed by atoms with E-state index < -0.39 is 0 Å². The first kappa shape index (κ1) is 15.1. The molecule has 0 bridgehead atoms. The molecule has 1 aromatic heterocycles. The van der Waals surface area contributed by atoms with Crippen molar-refractivity contribution < 1.29 is 9.53 Å². The lowest BCUT2D eigenvalue weighted by molar-refractivity contribution is 0.0939. The molecule has 0 saturated carbocycles. The molecule has 0 saturated heterocycles. The molecule has 0 radical (unpaired) electrons. The molecule has 2 aromatic carbocycles. The van der Waals surface area contributed by atoms with Crippen LogP contribution in [0.5, 0.6) is 5.75 Å². The van der Waals surface area contributed by atoms with Gasteiger partial charge in [-0.15, -0.1) is 0 Å². The summed E-state index contributed by atoms with van der Waals surface area (Å²) < 4.78 is 5.39. The molecule has 0 unspecified atom stereocenters. The standard InChI is InChI=1S/C18H19N3O2/c1-11-4-7-17(23-3)14(8-11)12(2)21-18(22)13-5-6-15-16(9-13)20-10-19-15/h4-10,12H,1-3H3,(H,19,20)(H,21,22)/t12-/m0/s1. The number of H-pyrrole nitrogens is 1. The van der Waals surface area contributed by atoms with Crippen molar-refractivity contribution in [2.45, 2.75) is 19.9 Å². The fourth-order valence-electron chi connectivity index (χ4n) is 2.63. The van der Waals surface area contributed by atoms with Crippen molar-refractivity contribution in [3.63, 3.8) is 0 Å². The summed E-state index contributed by atoms with van der Waals surface area (Å²) in [6.45, 7) is 3.97. The highest BCUT2D eigenvalue weighted by atomic mass is 16.5. The second-order valence-corrected chi connectivity index (χ2v) is 5.58. The van der Waals surface area contributed by atoms with Crippen molar-refractivity contribution in [2.75, 3.05) is 7.11 Å². The SMILES string of the molecule is COc1ccc(C)cc1[C@H](C)NC(=O)c1ccc2nc[nH]c2c1. The Morgan fingerprint density at radius 2 is 2.09 bits per heavy atom. The molecule has 0 aliphatic rings. The zero-order valence-electron chi connectivity index (χ0n) is 13.4. The van der Waals surface area contributed by atoms with E-state index >= 15 is 0 Å². The molecular formula is C18H19N3O2. The normalized spacial score (nSPS) is 12.1. The number of nitrogens with zero attached hydrogens (tertiary/aromatic N) is 1. The van der Waals surface area contributed by atoms with Gasteiger partial charge in [0.2, 0.25) is 0 Å². The van der Waals surface area contributed by atoms with Gasteiger partial charge in [0.1, 0.15) is 5.75 Å². The summed E-state index contributed by atoms with van der Waals surface area (Å²) in [5, 5.41) is 3.02. The third-order valence-electron chi connectivity index (χ3n) is 3.88. The van der Waals surface area contributed by atoms with Crippen LogP contribution < -0.4 is 10.1 Å². The number of aryl methyl sites for hydroxylation is 1. The summed E-state index contributed by atoms with van der Waals surface area (Å²) in [5.74, 6) is 0.643. The minimum absolute atomic E-state index is 0.127. The second-order valence-electron chi connectivity index (χ2n) is 5.58. The number of benzene rings is 2. The Labute approximate surface area is 134 Å². The van der Waals surface area contributed by atoms with Crippen LogP contribution in [0.2, 0.25) is 0 Å². The first-order chi connectivity index (χ1) is 11.1. The summed E-state index contributed by atoms with van der Waals surface area (Å²) in [7, 11) is 1.63. The molecule has 0 aliphatic carbocycles. The maximum atomic E-state index is 12.5. The number of methoxy groups -OCH3 is 1. The number of fused-ring (bicyclic) bond motifs is 1. The van der Waals surface area contributed by atoms with Gasteiger partial charge in [0.25, 0.3) is 5.91 Å². The average Bonchev–Trinajstić information content (AvgIpc) is 3.02. The van der Waals surface area contributed by atoms with Crippen LogP contribution in [0.15, 0.2) is 42.7 Å². The molecule has 0 spiro atoms. The van der Waals surface area contributed by atoms with Crippen LogP contribution in [0.1, 0.15) is 34.5 Å². The average molecular weight is 309 g/mol. The largest absolute Gasteiger partial charge is 0.496 e. The van der Waals surface area contributed by atoms with E-state index in [1.165, 1.54) is 0 Å². The monoisotopic (exact) mass is 309 g/mol. The van der Waals surface area contributed by atoms with Crippen LogP contribution >= 0.6 is 0 Å². The van der Waals surface area contributed by atoms with Gasteiger partial charge >= 0.3 is 0 Å². The number of imidazole rings is 1. The Balaban J connectivity index is 1.83. The molecule has 5 nitrogen and oxygen atoms in total. The number of aromatic amines is 1. The quantitative estimate of drug-likeness (QED) is 0.776. The van der Waals surface area contributed by atoms with Gasteiger partial charge in [-0.3, -0.25) is 4.79 Å². The summed E-state index contributed by atoms with van der Waals surface area (Å²) in [6, 6.07) is 11.2. The van der Waals surface area contributed by atoms with Gasteiger partial charge in [-0.05, 0) is 38.1 Å². The molecule has 1 heterocycles. The number of aromatic nitrogens is 2. The van der Waals surface area contributed by atoms with Gasteiger partial charge < -0.3 is 15.0 Å². The summed E-state index contributed by atoms with van der Waals surface area (Å²) in [5.41, 5.74) is 4.37. The van der Waals surface area contributed by atoms with Crippen molar-refractivity contribution in [3.8, 4) is 5.75 Å². The van der Waals surface area contributed by atoms with Gasteiger partial charge in [0.05, 0.1) is 30.5 Å². The molecular weight excluding hydrogens is 290 g/mol. The Kier molecular flexibility index (Phi) is 4.02. The Morgan fingerprint density at radius 3 is 2.87 bits per heavy atom. The predicted octanol–water partition coefficient (Wildman–Crippen LogP) is 3.37. The van der Waals surface area contributed by atoms with Crippen LogP contribution in [-0.4, -0.2) is 23.0 Å². The fourth-order valence-corrected chi connectivity index (χ4v) is 2.63. The molecule has 1 amide bonds. The molecule has 5 heteroatoms. The predicted molar refractivity (Wildman–Crippen MR) is 89.7 cm³/mol. The number of amides is 1. The molecule has 118 valence electrons. The lowest BCUT2D eigenvalue weighted by Crippen LogP contribution is -2.27. The van der Waals surface area contributed by atoms with Gasteiger partial charge in [-0.2, -0.15) is 0 Å². The smallest absolute Gasteiger partial charge is 0.251 e. The topological polar surface area (TPSA) is 67.0 Å². The Hall–Kier alpha value is -2.82. The van der Waals surface area contributed by atoms with Crippen molar-refractivity contribution in [1.82, 2.24) is 15.3 Å². The van der Waals surface area contributed by atoms with Crippen molar-refractivity contribution >= 4 is 16.9 Å². The van der Waals surface area contributed by atoms with Gasteiger partial charge in [-0.1, -0.05) is 17.7 Å². The van der Waals surface area contributed by atoms with E-state index in [9.17, 15) is 4.79 Å². The summed E-state index contributed by atoms with van der Waals surface area (Å²) in [6.07, 6.45) is 1.62. The van der Waals surface area contributed by atoms with Crippen LogP contribution in [0, 0.1) is 6.92 Å². The number of rotatable bonds is 4. The van der Waals surface area contributed by atoms with Crippen molar-refractivity contribution in [3.05, 3.63) is 59.4 Å². The lowest BCUT2D eigenvalue weighted by Gasteiger charge is -2.18. The fraction of sp³-hybridized carbons (Fsp3) is 0.222. The molecule has 0 aliphatic heterocycles. The number of nitrogens with one attached hydrogen (secondary N) is 2. The van der Waals surface area contributed by atoms with E-state index in [-0.39, 0.29) is 11.9 Å². The zero-order chi connectivity index (χ0) is 16.4. The van der Waals surface area contributed by atoms with Crippen LogP contribution in [0.25, 0.3) is 11.0 Å². The van der Waals surface area contributed by atoms with Crippen LogP contribution in [0.3, 0.4) is 0 Å². The number of hydrogen-bond donors (Lipinski definition) is 2. The number of carbonyl (C=O) groups is 1. The highest BCUT2D eigenvalue weighted by molar-refractivity contribution is 5.97. The molecule has 3 aromatic rings. The second kappa shape index (κ2) is 6.12. The first-order valence-electron chi connectivity index (χ1n) is 7.47. The number of hydrogen-bond acceptors (Lipinski definition) is 3. The zero-order valence-corrected chi connectivity index (χ0v) is 13.4. The van der Waals surface area contributed by atoms with Gasteiger partial charge in [0, 0.05) is 11.1 Å². The maximum Gasteiger partial charge on any atom is 0.251 e. The van der Waals surface area contributed by atoms with Crippen molar-refractivity contribution in [2.24, 2.45) is 0 Å². The third kappa shape index (κ3) is 3.04. The highest BCUT2D eigenvalue weighted by Crippen LogP contribution is 2.26. The summed E-state index contributed by atoms with van der Waals surface area (Å²) >= 11 is 0. The number of carbonyl (C=O) groups excluding carboxylic acids is 1. The molecule has 1 atom stereocenters. The minimum atomic E-state index is -0.158. The Morgan fingerprint density at radius 1 is 1.26 bits per heavy atom. The van der Waals surface area contributed by atoms with E-state index in [2.05, 4.69) is 15.3 Å². The molecule has 2 N–H and O–H groups in total. The van der Waals surface area contributed by atoms with E-state index in [1.807, 2.05) is 38.1 Å². The lowest BCUT2D eigenvalue weighted by atomic mass is 10.0. The van der Waals surface area contributed by atoms with Gasteiger partial charge in [-0.25, -0.2) is 4.98 Å². The van der Waals surface area contributed by atoms with Crippen LogP contribution in [-0.2, 0) is 0 Å². The van der Waals surface area contributed by atoms with E-state index in [0.717, 1.165) is 27.9 Å². The molecule has 0 fully saturated rings. The Bertz CT molecular complexity index is 854. The van der Waals surface area contributed by atoms with Crippen molar-refractivity contribution in [1.29, 1.82) is 0 Å². The maximum absolute atomic E-state index is 12.5. The number of ether oxygens (including phenoxy) is 1.